The Hall–Kier alpha value is -1.14. The first-order chi connectivity index (χ1) is 8.20. The number of nitrogens with one attached hydrogen (secondary N) is 3. The van der Waals surface area contributed by atoms with E-state index >= 15 is 0 Å². The Morgan fingerprint density at radius 3 is 2.41 bits per heavy atom. The fraction of sp³-hybridized carbons (Fsp3) is 0.818. The van der Waals surface area contributed by atoms with Gasteiger partial charge in [-0.05, 0) is 13.0 Å². The number of hydrogen-bond acceptors (Lipinski definition) is 4. The van der Waals surface area contributed by atoms with Crippen LogP contribution in [0.2, 0.25) is 0 Å². The molecule has 0 aromatic rings. The zero-order valence-electron chi connectivity index (χ0n) is 10.7. The molecule has 6 nitrogen and oxygen atoms in total. The van der Waals surface area contributed by atoms with Crippen LogP contribution in [0, 0.1) is 0 Å². The highest BCUT2D eigenvalue weighted by molar-refractivity contribution is 5.80. The molecule has 2 amide bonds. The van der Waals surface area contributed by atoms with Gasteiger partial charge in [-0.3, -0.25) is 9.59 Å². The molecule has 0 aliphatic carbocycles. The SMILES string of the molecule is CCCNCC(=O)NCCC(=O)NCCOC. The van der Waals surface area contributed by atoms with Crippen LogP contribution in [-0.2, 0) is 14.3 Å². The Balaban J connectivity index is 3.36. The van der Waals surface area contributed by atoms with E-state index in [0.717, 1.165) is 13.0 Å². The molecule has 0 aromatic carbocycles. The van der Waals surface area contributed by atoms with Crippen molar-refractivity contribution < 1.29 is 14.3 Å². The maximum atomic E-state index is 11.2. The monoisotopic (exact) mass is 245 g/mol. The highest BCUT2D eigenvalue weighted by Crippen LogP contribution is 1.78. The van der Waals surface area contributed by atoms with Gasteiger partial charge in [0.2, 0.25) is 11.8 Å². The molecular weight excluding hydrogens is 222 g/mol. The number of rotatable bonds is 10. The van der Waals surface area contributed by atoms with E-state index in [1.807, 2.05) is 6.92 Å². The molecular formula is C11H23N3O3. The summed E-state index contributed by atoms with van der Waals surface area (Å²) in [4.78, 5) is 22.5. The third-order valence-electron chi connectivity index (χ3n) is 2.01. The number of amides is 2. The molecule has 0 aliphatic heterocycles. The van der Waals surface area contributed by atoms with Gasteiger partial charge < -0.3 is 20.7 Å². The molecule has 17 heavy (non-hydrogen) atoms. The quantitative estimate of drug-likeness (QED) is 0.443. The molecule has 0 aromatic heterocycles. The normalized spacial score (nSPS) is 10.0. The van der Waals surface area contributed by atoms with Gasteiger partial charge in [0.15, 0.2) is 0 Å². The van der Waals surface area contributed by atoms with Crippen LogP contribution < -0.4 is 16.0 Å². The standard InChI is InChI=1S/C11H23N3O3/c1-3-5-12-9-11(16)13-6-4-10(15)14-7-8-17-2/h12H,3-9H2,1-2H3,(H,13,16)(H,14,15). The molecule has 0 spiro atoms. The zero-order chi connectivity index (χ0) is 12.9. The van der Waals surface area contributed by atoms with Crippen molar-refractivity contribution >= 4 is 11.8 Å². The van der Waals surface area contributed by atoms with Gasteiger partial charge in [0.25, 0.3) is 0 Å². The largest absolute Gasteiger partial charge is 0.383 e. The molecule has 0 fully saturated rings. The van der Waals surface area contributed by atoms with Gasteiger partial charge in [-0.1, -0.05) is 6.92 Å². The number of hydrogen-bond donors (Lipinski definition) is 3. The molecule has 0 bridgehead atoms. The lowest BCUT2D eigenvalue weighted by molar-refractivity contribution is -0.122. The Kier molecular flexibility index (Phi) is 10.6. The number of carbonyl (C=O) groups is 2. The van der Waals surface area contributed by atoms with E-state index < -0.39 is 0 Å². The molecule has 0 heterocycles. The van der Waals surface area contributed by atoms with Crippen molar-refractivity contribution in [3.05, 3.63) is 0 Å². The second-order valence-corrected chi connectivity index (χ2v) is 3.62. The first-order valence-electron chi connectivity index (χ1n) is 5.93. The van der Waals surface area contributed by atoms with Crippen LogP contribution in [0.4, 0.5) is 0 Å². The van der Waals surface area contributed by atoms with E-state index in [-0.39, 0.29) is 11.8 Å². The van der Waals surface area contributed by atoms with Gasteiger partial charge in [-0.25, -0.2) is 0 Å². The van der Waals surface area contributed by atoms with Crippen molar-refractivity contribution in [2.45, 2.75) is 19.8 Å². The van der Waals surface area contributed by atoms with Crippen LogP contribution in [0.15, 0.2) is 0 Å². The molecule has 0 unspecified atom stereocenters. The molecule has 0 radical (unpaired) electrons. The molecule has 0 rings (SSSR count). The van der Waals surface area contributed by atoms with Crippen molar-refractivity contribution in [3.63, 3.8) is 0 Å². The summed E-state index contributed by atoms with van der Waals surface area (Å²) in [5.41, 5.74) is 0. The fourth-order valence-corrected chi connectivity index (χ4v) is 1.14. The predicted octanol–water partition coefficient (Wildman–Crippen LogP) is -0.745. The summed E-state index contributed by atoms with van der Waals surface area (Å²) >= 11 is 0. The number of carbonyl (C=O) groups excluding carboxylic acids is 2. The van der Waals surface area contributed by atoms with Crippen LogP contribution in [0.3, 0.4) is 0 Å². The van der Waals surface area contributed by atoms with E-state index in [0.29, 0.717) is 32.7 Å². The summed E-state index contributed by atoms with van der Waals surface area (Å²) in [6, 6.07) is 0. The predicted molar refractivity (Wildman–Crippen MR) is 65.7 cm³/mol. The van der Waals surface area contributed by atoms with E-state index in [2.05, 4.69) is 16.0 Å². The summed E-state index contributed by atoms with van der Waals surface area (Å²) in [5, 5.41) is 8.33. The third kappa shape index (κ3) is 11.1. The molecule has 0 atom stereocenters. The first kappa shape index (κ1) is 15.9. The van der Waals surface area contributed by atoms with Crippen molar-refractivity contribution in [1.82, 2.24) is 16.0 Å². The van der Waals surface area contributed by atoms with Gasteiger partial charge in [0.1, 0.15) is 0 Å². The smallest absolute Gasteiger partial charge is 0.233 e. The summed E-state index contributed by atoms with van der Waals surface area (Å²) in [6.45, 7) is 4.53. The molecule has 0 saturated carbocycles. The second kappa shape index (κ2) is 11.3. The third-order valence-corrected chi connectivity index (χ3v) is 2.01. The van der Waals surface area contributed by atoms with Gasteiger partial charge in [-0.15, -0.1) is 0 Å². The van der Waals surface area contributed by atoms with Crippen LogP contribution in [0.1, 0.15) is 19.8 Å². The molecule has 0 aliphatic rings. The van der Waals surface area contributed by atoms with Gasteiger partial charge in [0, 0.05) is 26.6 Å². The number of methoxy groups -OCH3 is 1. The number of ether oxygens (including phenoxy) is 1. The summed E-state index contributed by atoms with van der Waals surface area (Å²) in [5.74, 6) is -0.160. The lowest BCUT2D eigenvalue weighted by Gasteiger charge is -2.06. The highest BCUT2D eigenvalue weighted by atomic mass is 16.5. The lowest BCUT2D eigenvalue weighted by atomic mass is 10.4. The van der Waals surface area contributed by atoms with Gasteiger partial charge in [0.05, 0.1) is 13.2 Å². The minimum Gasteiger partial charge on any atom is -0.383 e. The van der Waals surface area contributed by atoms with Crippen LogP contribution in [0.25, 0.3) is 0 Å². The Morgan fingerprint density at radius 2 is 1.76 bits per heavy atom. The van der Waals surface area contributed by atoms with Crippen molar-refractivity contribution in [3.8, 4) is 0 Å². The van der Waals surface area contributed by atoms with Crippen molar-refractivity contribution in [2.24, 2.45) is 0 Å². The maximum Gasteiger partial charge on any atom is 0.233 e. The van der Waals surface area contributed by atoms with E-state index in [9.17, 15) is 9.59 Å². The van der Waals surface area contributed by atoms with Crippen LogP contribution in [0.5, 0.6) is 0 Å². The van der Waals surface area contributed by atoms with Gasteiger partial charge in [-0.2, -0.15) is 0 Å². The maximum absolute atomic E-state index is 11.2. The fourth-order valence-electron chi connectivity index (χ4n) is 1.14. The Labute approximate surface area is 102 Å². The van der Waals surface area contributed by atoms with E-state index in [1.165, 1.54) is 0 Å². The summed E-state index contributed by atoms with van der Waals surface area (Å²) < 4.78 is 4.80. The summed E-state index contributed by atoms with van der Waals surface area (Å²) in [7, 11) is 1.58. The Bertz CT molecular complexity index is 200. The van der Waals surface area contributed by atoms with Crippen LogP contribution in [-0.4, -0.2) is 51.7 Å². The molecule has 3 N–H and O–H groups in total. The van der Waals surface area contributed by atoms with E-state index in [4.69, 9.17) is 4.74 Å². The second-order valence-electron chi connectivity index (χ2n) is 3.62. The molecule has 0 saturated heterocycles. The average molecular weight is 245 g/mol. The van der Waals surface area contributed by atoms with Gasteiger partial charge >= 0.3 is 0 Å². The molecule has 100 valence electrons. The van der Waals surface area contributed by atoms with Crippen molar-refractivity contribution in [2.75, 3.05) is 39.9 Å². The van der Waals surface area contributed by atoms with Crippen LogP contribution >= 0.6 is 0 Å². The highest BCUT2D eigenvalue weighted by Gasteiger charge is 2.02. The van der Waals surface area contributed by atoms with Crippen molar-refractivity contribution in [1.29, 1.82) is 0 Å². The zero-order valence-corrected chi connectivity index (χ0v) is 10.7. The topological polar surface area (TPSA) is 79.5 Å². The Morgan fingerprint density at radius 1 is 1.06 bits per heavy atom. The van der Waals surface area contributed by atoms with E-state index in [1.54, 1.807) is 7.11 Å². The molecule has 6 heteroatoms. The first-order valence-corrected chi connectivity index (χ1v) is 5.93. The summed E-state index contributed by atoms with van der Waals surface area (Å²) in [6.07, 6.45) is 1.29. The lowest BCUT2D eigenvalue weighted by Crippen LogP contribution is -2.37. The minimum atomic E-state index is -0.0804. The minimum absolute atomic E-state index is 0.0798. The average Bonchev–Trinajstić information content (AvgIpc) is 2.30.